The van der Waals surface area contributed by atoms with Crippen molar-refractivity contribution in [1.29, 1.82) is 0 Å². The summed E-state index contributed by atoms with van der Waals surface area (Å²) in [5.74, 6) is 1.11. The third kappa shape index (κ3) is 2.97. The van der Waals surface area contributed by atoms with E-state index in [1.165, 1.54) is 0 Å². The summed E-state index contributed by atoms with van der Waals surface area (Å²) >= 11 is 0. The molecule has 1 saturated carbocycles. The van der Waals surface area contributed by atoms with Gasteiger partial charge < -0.3 is 15.2 Å². The Morgan fingerprint density at radius 2 is 2.11 bits per heavy atom. The van der Waals surface area contributed by atoms with Crippen LogP contribution < -0.4 is 16.2 Å². The molecule has 5 nitrogen and oxygen atoms in total. The molecule has 19 heavy (non-hydrogen) atoms. The van der Waals surface area contributed by atoms with Gasteiger partial charge in [0.2, 0.25) is 0 Å². The molecule has 106 valence electrons. The maximum absolute atomic E-state index is 12.4. The fraction of sp³-hybridized carbons (Fsp3) is 0.714. The molecule has 1 aliphatic rings. The van der Waals surface area contributed by atoms with Gasteiger partial charge in [-0.1, -0.05) is 0 Å². The summed E-state index contributed by atoms with van der Waals surface area (Å²) in [5, 5.41) is 0. The summed E-state index contributed by atoms with van der Waals surface area (Å²) in [6.45, 7) is 6.90. The molecule has 1 fully saturated rings. The van der Waals surface area contributed by atoms with Crippen molar-refractivity contribution in [1.82, 2.24) is 9.55 Å². The Balaban J connectivity index is 2.18. The van der Waals surface area contributed by atoms with Crippen LogP contribution in [0.3, 0.4) is 0 Å². The van der Waals surface area contributed by atoms with Gasteiger partial charge in [-0.25, -0.2) is 4.98 Å². The molecule has 0 aromatic carbocycles. The zero-order valence-electron chi connectivity index (χ0n) is 12.3. The van der Waals surface area contributed by atoms with E-state index < -0.39 is 0 Å². The lowest BCUT2D eigenvalue weighted by molar-refractivity contribution is 0.270. The van der Waals surface area contributed by atoms with Gasteiger partial charge >= 0.3 is 0 Å². The largest absolute Gasteiger partial charge is 0.355 e. The molecule has 0 aliphatic heterocycles. The highest BCUT2D eigenvalue weighted by atomic mass is 16.1. The average molecular weight is 264 g/mol. The monoisotopic (exact) mass is 264 g/mol. The van der Waals surface area contributed by atoms with Gasteiger partial charge in [0.25, 0.3) is 5.56 Å². The SMILES string of the molecule is CN(CC1CC(N)C1)c1nccn(C(C)(C)C)c1=O. The molecule has 0 unspecified atom stereocenters. The van der Waals surface area contributed by atoms with Gasteiger partial charge in [-0.15, -0.1) is 0 Å². The lowest BCUT2D eigenvalue weighted by Gasteiger charge is -2.35. The van der Waals surface area contributed by atoms with E-state index in [-0.39, 0.29) is 11.1 Å². The van der Waals surface area contributed by atoms with Crippen molar-refractivity contribution in [3.05, 3.63) is 22.7 Å². The number of hydrogen-bond acceptors (Lipinski definition) is 4. The van der Waals surface area contributed by atoms with Crippen LogP contribution in [0.25, 0.3) is 0 Å². The summed E-state index contributed by atoms with van der Waals surface area (Å²) < 4.78 is 1.73. The van der Waals surface area contributed by atoms with Crippen LogP contribution in [0.2, 0.25) is 0 Å². The van der Waals surface area contributed by atoms with E-state index in [1.54, 1.807) is 17.0 Å². The minimum absolute atomic E-state index is 0.0267. The first kappa shape index (κ1) is 14.1. The van der Waals surface area contributed by atoms with E-state index in [1.807, 2.05) is 32.7 Å². The Morgan fingerprint density at radius 3 is 2.63 bits per heavy atom. The van der Waals surface area contributed by atoms with Crippen LogP contribution in [0.5, 0.6) is 0 Å². The minimum Gasteiger partial charge on any atom is -0.355 e. The van der Waals surface area contributed by atoms with Gasteiger partial charge in [0, 0.05) is 37.6 Å². The third-order valence-electron chi connectivity index (χ3n) is 3.71. The number of rotatable bonds is 3. The molecule has 0 saturated heterocycles. The number of aromatic nitrogens is 2. The maximum atomic E-state index is 12.4. The lowest BCUT2D eigenvalue weighted by atomic mass is 9.81. The van der Waals surface area contributed by atoms with E-state index in [4.69, 9.17) is 5.73 Å². The van der Waals surface area contributed by atoms with Gasteiger partial charge in [0.05, 0.1) is 0 Å². The van der Waals surface area contributed by atoms with E-state index in [9.17, 15) is 4.79 Å². The van der Waals surface area contributed by atoms with Crippen LogP contribution in [0, 0.1) is 5.92 Å². The summed E-state index contributed by atoms with van der Waals surface area (Å²) in [6, 6.07) is 0.341. The predicted octanol–water partition coefficient (Wildman–Crippen LogP) is 1.17. The van der Waals surface area contributed by atoms with Crippen LogP contribution >= 0.6 is 0 Å². The van der Waals surface area contributed by atoms with Gasteiger partial charge in [-0.05, 0) is 39.5 Å². The van der Waals surface area contributed by atoms with Crippen molar-refractivity contribution < 1.29 is 0 Å². The van der Waals surface area contributed by atoms with Gasteiger partial charge in [-0.3, -0.25) is 4.79 Å². The molecule has 1 aromatic rings. The standard InChI is InChI=1S/C14H24N4O/c1-14(2,3)18-6-5-16-12(13(18)19)17(4)9-10-7-11(15)8-10/h5-6,10-11H,7-9,15H2,1-4H3. The van der Waals surface area contributed by atoms with Gasteiger partial charge in [-0.2, -0.15) is 0 Å². The second-order valence-electron chi connectivity index (χ2n) is 6.57. The Labute approximate surface area is 114 Å². The Hall–Kier alpha value is -1.36. The Kier molecular flexibility index (Phi) is 3.67. The molecule has 0 atom stereocenters. The summed E-state index contributed by atoms with van der Waals surface area (Å²) in [5.41, 5.74) is 5.54. The topological polar surface area (TPSA) is 64.2 Å². The molecule has 1 aromatic heterocycles. The molecular formula is C14H24N4O. The lowest BCUT2D eigenvalue weighted by Crippen LogP contribution is -2.44. The molecule has 0 spiro atoms. The highest BCUT2D eigenvalue weighted by Crippen LogP contribution is 2.26. The quantitative estimate of drug-likeness (QED) is 0.890. The molecule has 2 rings (SSSR count). The van der Waals surface area contributed by atoms with E-state index in [2.05, 4.69) is 4.98 Å². The zero-order chi connectivity index (χ0) is 14.2. The van der Waals surface area contributed by atoms with Crippen LogP contribution in [-0.2, 0) is 5.54 Å². The van der Waals surface area contributed by atoms with Crippen molar-refractivity contribution in [2.45, 2.75) is 45.2 Å². The second-order valence-corrected chi connectivity index (χ2v) is 6.57. The van der Waals surface area contributed by atoms with Gasteiger partial charge in [0.1, 0.15) is 0 Å². The highest BCUT2D eigenvalue weighted by Gasteiger charge is 2.28. The highest BCUT2D eigenvalue weighted by molar-refractivity contribution is 5.34. The fourth-order valence-electron chi connectivity index (χ4n) is 2.60. The molecule has 0 radical (unpaired) electrons. The van der Waals surface area contributed by atoms with Crippen molar-refractivity contribution in [3.63, 3.8) is 0 Å². The first-order valence-corrected chi connectivity index (χ1v) is 6.84. The van der Waals surface area contributed by atoms with Gasteiger partial charge in [0.15, 0.2) is 5.82 Å². The summed E-state index contributed by atoms with van der Waals surface area (Å²) in [7, 11) is 1.93. The second kappa shape index (κ2) is 4.96. The summed E-state index contributed by atoms with van der Waals surface area (Å²) in [6.07, 6.45) is 5.54. The average Bonchev–Trinajstić information content (AvgIpc) is 2.25. The first-order valence-electron chi connectivity index (χ1n) is 6.84. The molecule has 1 aliphatic carbocycles. The van der Waals surface area contributed by atoms with Crippen molar-refractivity contribution in [2.75, 3.05) is 18.5 Å². The first-order chi connectivity index (χ1) is 8.79. The normalized spacial score (nSPS) is 23.0. The van der Waals surface area contributed by atoms with Crippen molar-refractivity contribution >= 4 is 5.82 Å². The molecule has 0 amide bonds. The number of nitrogens with zero attached hydrogens (tertiary/aromatic N) is 3. The number of anilines is 1. The predicted molar refractivity (Wildman–Crippen MR) is 77.5 cm³/mol. The smallest absolute Gasteiger partial charge is 0.293 e. The van der Waals surface area contributed by atoms with E-state index >= 15 is 0 Å². The zero-order valence-corrected chi connectivity index (χ0v) is 12.3. The molecule has 2 N–H and O–H groups in total. The van der Waals surface area contributed by atoms with Crippen molar-refractivity contribution in [3.8, 4) is 0 Å². The number of nitrogens with two attached hydrogens (primary N) is 1. The van der Waals surface area contributed by atoms with Crippen LogP contribution in [0.1, 0.15) is 33.6 Å². The number of hydrogen-bond donors (Lipinski definition) is 1. The molecule has 1 heterocycles. The minimum atomic E-state index is -0.228. The van der Waals surface area contributed by atoms with Crippen LogP contribution in [-0.4, -0.2) is 29.2 Å². The molecule has 0 bridgehead atoms. The van der Waals surface area contributed by atoms with E-state index in [0.29, 0.717) is 17.8 Å². The molecular weight excluding hydrogens is 240 g/mol. The van der Waals surface area contributed by atoms with E-state index in [0.717, 1.165) is 19.4 Å². The van der Waals surface area contributed by atoms with Crippen LogP contribution in [0.15, 0.2) is 17.2 Å². The third-order valence-corrected chi connectivity index (χ3v) is 3.71. The van der Waals surface area contributed by atoms with Crippen molar-refractivity contribution in [2.24, 2.45) is 11.7 Å². The van der Waals surface area contributed by atoms with Crippen LogP contribution in [0.4, 0.5) is 5.82 Å². The summed E-state index contributed by atoms with van der Waals surface area (Å²) in [4.78, 5) is 18.6. The maximum Gasteiger partial charge on any atom is 0.293 e. The Bertz CT molecular complexity index is 497. The fourth-order valence-corrected chi connectivity index (χ4v) is 2.60. The Morgan fingerprint density at radius 1 is 1.47 bits per heavy atom. The molecule has 5 heteroatoms.